The molecule has 0 saturated heterocycles. The molecule has 1 saturated carbocycles. The maximum Gasteiger partial charge on any atom is 0.339 e. The molecule has 1 amide bonds. The summed E-state index contributed by atoms with van der Waals surface area (Å²) in [7, 11) is 1.44. The summed E-state index contributed by atoms with van der Waals surface area (Å²) in [5.41, 5.74) is 1.81. The Labute approximate surface area is 178 Å². The minimum Gasteiger partial charge on any atom is -0.496 e. The molecule has 1 aliphatic rings. The number of amides is 1. The van der Waals surface area contributed by atoms with Gasteiger partial charge in [0.2, 0.25) is 5.91 Å². The van der Waals surface area contributed by atoms with Gasteiger partial charge in [0.25, 0.3) is 0 Å². The molecule has 6 nitrogen and oxygen atoms in total. The van der Waals surface area contributed by atoms with Crippen molar-refractivity contribution >= 4 is 33.4 Å². The van der Waals surface area contributed by atoms with Crippen LogP contribution in [0.1, 0.15) is 52.5 Å². The average molecular weight is 425 g/mol. The van der Waals surface area contributed by atoms with Crippen molar-refractivity contribution in [2.24, 2.45) is 5.92 Å². The second-order valence-corrected chi connectivity index (χ2v) is 8.64. The molecule has 7 heteroatoms. The first-order valence-electron chi connectivity index (χ1n) is 10.1. The number of hydrogen-bond acceptors (Lipinski definition) is 5. The fraction of sp³-hybridized carbons (Fsp3) is 0.348. The van der Waals surface area contributed by atoms with Crippen LogP contribution in [0.15, 0.2) is 42.5 Å². The lowest BCUT2D eigenvalue weighted by Crippen LogP contribution is -2.35. The zero-order valence-electron chi connectivity index (χ0n) is 16.8. The molecular formula is C23H24N2O4S. The Balaban J connectivity index is 1.49. The van der Waals surface area contributed by atoms with E-state index < -0.39 is 5.97 Å². The van der Waals surface area contributed by atoms with Gasteiger partial charge in [-0.2, -0.15) is 0 Å². The maximum absolute atomic E-state index is 13.0. The molecule has 1 fully saturated rings. The third-order valence-electron chi connectivity index (χ3n) is 5.69. The molecule has 2 atom stereocenters. The van der Waals surface area contributed by atoms with Gasteiger partial charge in [0, 0.05) is 18.4 Å². The van der Waals surface area contributed by atoms with Crippen LogP contribution in [-0.4, -0.2) is 29.1 Å². The number of rotatable bonds is 6. The van der Waals surface area contributed by atoms with E-state index in [0.717, 1.165) is 46.5 Å². The van der Waals surface area contributed by atoms with Gasteiger partial charge in [0.05, 0.1) is 22.3 Å². The molecule has 2 aromatic carbocycles. The Kier molecular flexibility index (Phi) is 5.99. The summed E-state index contributed by atoms with van der Waals surface area (Å²) < 4.78 is 6.25. The van der Waals surface area contributed by atoms with Gasteiger partial charge in [-0.3, -0.25) is 4.79 Å². The summed E-state index contributed by atoms with van der Waals surface area (Å²) in [6, 6.07) is 13.0. The molecule has 0 bridgehead atoms. The second-order valence-electron chi connectivity index (χ2n) is 7.57. The zero-order chi connectivity index (χ0) is 21.1. The van der Waals surface area contributed by atoms with Crippen LogP contribution < -0.4 is 10.1 Å². The van der Waals surface area contributed by atoms with Gasteiger partial charge < -0.3 is 15.2 Å². The first kappa shape index (κ1) is 20.3. The minimum absolute atomic E-state index is 0.00616. The third-order valence-corrected chi connectivity index (χ3v) is 6.86. The van der Waals surface area contributed by atoms with Gasteiger partial charge >= 0.3 is 5.97 Å². The number of para-hydroxylation sites is 1. The maximum atomic E-state index is 13.0. The van der Waals surface area contributed by atoms with Crippen LogP contribution >= 0.6 is 11.3 Å². The number of nitrogens with zero attached hydrogens (tertiary/aromatic N) is 1. The van der Waals surface area contributed by atoms with Crippen LogP contribution in [0.25, 0.3) is 10.2 Å². The minimum atomic E-state index is -1.05. The molecule has 1 aromatic heterocycles. The van der Waals surface area contributed by atoms with Gasteiger partial charge in [0.15, 0.2) is 0 Å². The number of benzene rings is 2. The molecule has 4 rings (SSSR count). The van der Waals surface area contributed by atoms with Crippen LogP contribution in [0.5, 0.6) is 5.75 Å². The molecule has 0 radical (unpaired) electrons. The molecule has 1 heterocycles. The summed E-state index contributed by atoms with van der Waals surface area (Å²) in [4.78, 5) is 29.3. The quantitative estimate of drug-likeness (QED) is 0.604. The van der Waals surface area contributed by atoms with Gasteiger partial charge in [-0.05, 0) is 42.7 Å². The number of methoxy groups -OCH3 is 1. The number of carbonyl (C=O) groups is 2. The first-order valence-corrected chi connectivity index (χ1v) is 10.9. The summed E-state index contributed by atoms with van der Waals surface area (Å²) in [6.45, 7) is 0.284. The highest BCUT2D eigenvalue weighted by molar-refractivity contribution is 7.18. The predicted molar refractivity (Wildman–Crippen MR) is 116 cm³/mol. The highest BCUT2D eigenvalue weighted by Crippen LogP contribution is 2.41. The number of ether oxygens (including phenoxy) is 1. The van der Waals surface area contributed by atoms with Gasteiger partial charge in [-0.1, -0.05) is 31.0 Å². The summed E-state index contributed by atoms with van der Waals surface area (Å²) in [5.74, 6) is -0.728. The number of carbonyl (C=O) groups excluding carboxylic acids is 1. The number of nitrogens with one attached hydrogen (secondary N) is 1. The molecular weight excluding hydrogens is 400 g/mol. The van der Waals surface area contributed by atoms with Crippen LogP contribution in [-0.2, 0) is 11.3 Å². The molecule has 0 spiro atoms. The fourth-order valence-corrected chi connectivity index (χ4v) is 5.31. The van der Waals surface area contributed by atoms with Crippen LogP contribution in [0.2, 0.25) is 0 Å². The SMILES string of the molecule is COc1ccc(CNC(=O)[C@H]2CCCC[C@@H]2c2nc3ccccc3s2)cc1C(=O)O. The topological polar surface area (TPSA) is 88.5 Å². The molecule has 0 aliphatic heterocycles. The number of fused-ring (bicyclic) bond motifs is 1. The Morgan fingerprint density at radius 1 is 1.20 bits per heavy atom. The molecule has 3 aromatic rings. The molecule has 0 unspecified atom stereocenters. The molecule has 2 N–H and O–H groups in total. The number of hydrogen-bond donors (Lipinski definition) is 2. The predicted octanol–water partition coefficient (Wildman–Crippen LogP) is 4.59. The van der Waals surface area contributed by atoms with E-state index in [1.165, 1.54) is 7.11 Å². The molecule has 30 heavy (non-hydrogen) atoms. The standard InChI is InChI=1S/C23H24N2O4S/c1-29-19-11-10-14(12-17(19)23(27)28)13-24-21(26)15-6-2-3-7-16(15)22-25-18-8-4-5-9-20(18)30-22/h4-5,8-12,15-16H,2-3,6-7,13H2,1H3,(H,24,26)(H,27,28)/t15-,16-/m0/s1. The van der Waals surface area contributed by atoms with E-state index >= 15 is 0 Å². The van der Waals surface area contributed by atoms with E-state index in [-0.39, 0.29) is 29.9 Å². The van der Waals surface area contributed by atoms with E-state index in [2.05, 4.69) is 11.4 Å². The lowest BCUT2D eigenvalue weighted by molar-refractivity contribution is -0.126. The van der Waals surface area contributed by atoms with E-state index in [1.807, 2.05) is 18.2 Å². The van der Waals surface area contributed by atoms with Crippen molar-refractivity contribution in [1.29, 1.82) is 0 Å². The monoisotopic (exact) mass is 424 g/mol. The van der Waals surface area contributed by atoms with E-state index in [1.54, 1.807) is 29.5 Å². The number of aromatic carboxylic acids is 1. The largest absolute Gasteiger partial charge is 0.496 e. The summed E-state index contributed by atoms with van der Waals surface area (Å²) >= 11 is 1.68. The Morgan fingerprint density at radius 2 is 2.00 bits per heavy atom. The lowest BCUT2D eigenvalue weighted by Gasteiger charge is -2.29. The average Bonchev–Trinajstić information content (AvgIpc) is 3.21. The highest BCUT2D eigenvalue weighted by Gasteiger charge is 2.34. The summed E-state index contributed by atoms with van der Waals surface area (Å²) in [6.07, 6.45) is 3.94. The third kappa shape index (κ3) is 4.16. The number of carboxylic acid groups (broad SMARTS) is 1. The molecule has 156 valence electrons. The van der Waals surface area contributed by atoms with Crippen molar-refractivity contribution in [3.05, 3.63) is 58.6 Å². The second kappa shape index (κ2) is 8.83. The summed E-state index contributed by atoms with van der Waals surface area (Å²) in [5, 5.41) is 13.4. The molecule has 1 aliphatic carbocycles. The Hall–Kier alpha value is -2.93. The van der Waals surface area contributed by atoms with Crippen molar-refractivity contribution < 1.29 is 19.4 Å². The van der Waals surface area contributed by atoms with Crippen LogP contribution in [0.4, 0.5) is 0 Å². The highest BCUT2D eigenvalue weighted by atomic mass is 32.1. The normalized spacial score (nSPS) is 18.8. The van der Waals surface area contributed by atoms with Crippen LogP contribution in [0, 0.1) is 5.92 Å². The van der Waals surface area contributed by atoms with E-state index in [0.29, 0.717) is 5.75 Å². The zero-order valence-corrected chi connectivity index (χ0v) is 17.6. The fourth-order valence-electron chi connectivity index (χ4n) is 4.14. The Morgan fingerprint density at radius 3 is 2.77 bits per heavy atom. The van der Waals surface area contributed by atoms with Crippen molar-refractivity contribution in [2.75, 3.05) is 7.11 Å². The first-order chi connectivity index (χ1) is 14.6. The number of aromatic nitrogens is 1. The van der Waals surface area contributed by atoms with Crippen molar-refractivity contribution in [1.82, 2.24) is 10.3 Å². The van der Waals surface area contributed by atoms with Gasteiger partial charge in [0.1, 0.15) is 11.3 Å². The number of thiazole rings is 1. The van der Waals surface area contributed by atoms with Gasteiger partial charge in [-0.15, -0.1) is 11.3 Å². The Bertz CT molecular complexity index is 1050. The lowest BCUT2D eigenvalue weighted by atomic mass is 9.79. The van der Waals surface area contributed by atoms with E-state index in [9.17, 15) is 14.7 Å². The van der Waals surface area contributed by atoms with Gasteiger partial charge in [-0.25, -0.2) is 9.78 Å². The van der Waals surface area contributed by atoms with E-state index in [4.69, 9.17) is 9.72 Å². The van der Waals surface area contributed by atoms with Crippen molar-refractivity contribution in [2.45, 2.75) is 38.1 Å². The van der Waals surface area contributed by atoms with Crippen LogP contribution in [0.3, 0.4) is 0 Å². The smallest absolute Gasteiger partial charge is 0.339 e. The number of carboxylic acids is 1. The van der Waals surface area contributed by atoms with Crippen molar-refractivity contribution in [3.8, 4) is 5.75 Å². The van der Waals surface area contributed by atoms with Crippen molar-refractivity contribution in [3.63, 3.8) is 0 Å².